The van der Waals surface area contributed by atoms with Gasteiger partial charge in [0.15, 0.2) is 0 Å². The quantitative estimate of drug-likeness (QED) is 0.474. The van der Waals surface area contributed by atoms with E-state index in [4.69, 9.17) is 9.94 Å². The van der Waals surface area contributed by atoms with Crippen LogP contribution in [-0.2, 0) is 6.42 Å². The fourth-order valence-corrected chi connectivity index (χ4v) is 3.41. The molecule has 3 rings (SSSR count). The number of rotatable bonds is 7. The molecule has 0 radical (unpaired) electrons. The van der Waals surface area contributed by atoms with Crippen molar-refractivity contribution in [3.63, 3.8) is 0 Å². The van der Waals surface area contributed by atoms with Crippen LogP contribution in [0.15, 0.2) is 59.8 Å². The molecule has 0 aliphatic carbocycles. The Balaban J connectivity index is 1.37. The van der Waals surface area contributed by atoms with E-state index >= 15 is 0 Å². The summed E-state index contributed by atoms with van der Waals surface area (Å²) in [5.74, 6) is 1.62. The molecular formula is C21H26N2O2. The first-order chi connectivity index (χ1) is 12.3. The van der Waals surface area contributed by atoms with Crippen LogP contribution in [0.1, 0.15) is 24.0 Å². The lowest BCUT2D eigenvalue weighted by Crippen LogP contribution is -2.37. The van der Waals surface area contributed by atoms with Gasteiger partial charge < -0.3 is 9.94 Å². The maximum absolute atomic E-state index is 8.59. The number of hydrogen-bond donors (Lipinski definition) is 1. The van der Waals surface area contributed by atoms with Crippen LogP contribution >= 0.6 is 0 Å². The number of likely N-dealkylation sites (tertiary alicyclic amines) is 1. The highest BCUT2D eigenvalue weighted by atomic mass is 16.5. The molecule has 2 aromatic carbocycles. The zero-order valence-corrected chi connectivity index (χ0v) is 14.6. The van der Waals surface area contributed by atoms with Crippen LogP contribution in [0.3, 0.4) is 0 Å². The summed E-state index contributed by atoms with van der Waals surface area (Å²) in [5, 5.41) is 11.6. The molecule has 1 fully saturated rings. The molecule has 0 saturated carbocycles. The Kier molecular flexibility index (Phi) is 6.46. The minimum atomic E-state index is 0.684. The predicted molar refractivity (Wildman–Crippen MR) is 101 cm³/mol. The second-order valence-electron chi connectivity index (χ2n) is 6.64. The van der Waals surface area contributed by atoms with Crippen LogP contribution in [0.4, 0.5) is 0 Å². The van der Waals surface area contributed by atoms with Gasteiger partial charge in [-0.25, -0.2) is 0 Å². The predicted octanol–water partition coefficient (Wildman–Crippen LogP) is 3.83. The van der Waals surface area contributed by atoms with E-state index in [0.717, 1.165) is 36.9 Å². The Morgan fingerprint density at radius 3 is 2.64 bits per heavy atom. The average Bonchev–Trinajstić information content (AvgIpc) is 2.65. The van der Waals surface area contributed by atoms with Gasteiger partial charge in [0.25, 0.3) is 0 Å². The highest BCUT2D eigenvalue weighted by Gasteiger charge is 2.19. The molecule has 2 aromatic rings. The van der Waals surface area contributed by atoms with Gasteiger partial charge in [-0.15, -0.1) is 0 Å². The molecule has 4 heteroatoms. The third-order valence-electron chi connectivity index (χ3n) is 4.82. The van der Waals surface area contributed by atoms with E-state index in [1.807, 2.05) is 24.3 Å². The van der Waals surface area contributed by atoms with Gasteiger partial charge in [0.05, 0.1) is 6.21 Å². The van der Waals surface area contributed by atoms with Crippen molar-refractivity contribution >= 4 is 6.21 Å². The molecule has 1 aliphatic heterocycles. The lowest BCUT2D eigenvalue weighted by atomic mass is 9.90. The van der Waals surface area contributed by atoms with Crippen molar-refractivity contribution in [3.05, 3.63) is 65.7 Å². The Bertz CT molecular complexity index is 665. The van der Waals surface area contributed by atoms with Crippen molar-refractivity contribution in [2.24, 2.45) is 11.1 Å². The van der Waals surface area contributed by atoms with Gasteiger partial charge in [-0.2, -0.15) is 0 Å². The zero-order chi connectivity index (χ0) is 17.3. The monoisotopic (exact) mass is 338 g/mol. The van der Waals surface area contributed by atoms with E-state index < -0.39 is 0 Å². The first-order valence-corrected chi connectivity index (χ1v) is 9.00. The fraction of sp³-hybridized carbons (Fsp3) is 0.381. The number of piperidine rings is 1. The van der Waals surface area contributed by atoms with Crippen molar-refractivity contribution in [1.82, 2.24) is 4.90 Å². The molecular weight excluding hydrogens is 312 g/mol. The first-order valence-electron chi connectivity index (χ1n) is 9.00. The molecule has 1 aliphatic rings. The molecule has 25 heavy (non-hydrogen) atoms. The summed E-state index contributed by atoms with van der Waals surface area (Å²) in [6.45, 7) is 3.94. The van der Waals surface area contributed by atoms with Crippen LogP contribution in [0, 0.1) is 5.92 Å². The number of hydrogen-bond acceptors (Lipinski definition) is 4. The average molecular weight is 338 g/mol. The fourth-order valence-electron chi connectivity index (χ4n) is 3.41. The molecule has 0 spiro atoms. The molecule has 0 unspecified atom stereocenters. The second kappa shape index (κ2) is 9.23. The van der Waals surface area contributed by atoms with Gasteiger partial charge in [-0.1, -0.05) is 47.6 Å². The summed E-state index contributed by atoms with van der Waals surface area (Å²) in [7, 11) is 0. The molecule has 0 atom stereocenters. The van der Waals surface area contributed by atoms with E-state index in [1.165, 1.54) is 31.0 Å². The molecule has 1 saturated heterocycles. The van der Waals surface area contributed by atoms with E-state index in [-0.39, 0.29) is 0 Å². The van der Waals surface area contributed by atoms with Crippen molar-refractivity contribution < 1.29 is 9.94 Å². The smallest absolute Gasteiger partial charge is 0.120 e. The summed E-state index contributed by atoms with van der Waals surface area (Å²) in [6, 6.07) is 18.4. The van der Waals surface area contributed by atoms with Crippen LogP contribution in [0.25, 0.3) is 0 Å². The minimum Gasteiger partial charge on any atom is -0.492 e. The van der Waals surface area contributed by atoms with E-state index in [0.29, 0.717) is 6.61 Å². The topological polar surface area (TPSA) is 45.1 Å². The number of oxime groups is 1. The SMILES string of the molecule is O/N=C/c1cccc(OCCN2CCC(Cc3ccccc3)CC2)c1. The summed E-state index contributed by atoms with van der Waals surface area (Å²) in [5.41, 5.74) is 2.29. The summed E-state index contributed by atoms with van der Waals surface area (Å²) < 4.78 is 5.83. The van der Waals surface area contributed by atoms with Crippen molar-refractivity contribution in [3.8, 4) is 5.75 Å². The van der Waals surface area contributed by atoms with E-state index in [2.05, 4.69) is 40.4 Å². The molecule has 1 N–H and O–H groups in total. The van der Waals surface area contributed by atoms with Crippen LogP contribution in [0.5, 0.6) is 5.75 Å². The molecule has 4 nitrogen and oxygen atoms in total. The maximum atomic E-state index is 8.59. The largest absolute Gasteiger partial charge is 0.492 e. The first kappa shape index (κ1) is 17.5. The van der Waals surface area contributed by atoms with Gasteiger partial charge >= 0.3 is 0 Å². The molecule has 0 aromatic heterocycles. The van der Waals surface area contributed by atoms with Crippen molar-refractivity contribution in [2.75, 3.05) is 26.2 Å². The van der Waals surface area contributed by atoms with E-state index in [1.54, 1.807) is 0 Å². The highest BCUT2D eigenvalue weighted by molar-refractivity contribution is 5.79. The molecule has 1 heterocycles. The van der Waals surface area contributed by atoms with Crippen molar-refractivity contribution in [2.45, 2.75) is 19.3 Å². The molecule has 132 valence electrons. The normalized spacial score (nSPS) is 16.3. The maximum Gasteiger partial charge on any atom is 0.120 e. The highest BCUT2D eigenvalue weighted by Crippen LogP contribution is 2.21. The third kappa shape index (κ3) is 5.61. The summed E-state index contributed by atoms with van der Waals surface area (Å²) in [4.78, 5) is 2.49. The van der Waals surface area contributed by atoms with Gasteiger partial charge in [0, 0.05) is 6.54 Å². The molecule has 0 bridgehead atoms. The second-order valence-corrected chi connectivity index (χ2v) is 6.64. The van der Waals surface area contributed by atoms with Crippen LogP contribution in [0.2, 0.25) is 0 Å². The number of ether oxygens (including phenoxy) is 1. The van der Waals surface area contributed by atoms with Gasteiger partial charge in [-0.3, -0.25) is 4.90 Å². The van der Waals surface area contributed by atoms with Crippen molar-refractivity contribution in [1.29, 1.82) is 0 Å². The summed E-state index contributed by atoms with van der Waals surface area (Å²) >= 11 is 0. The Morgan fingerprint density at radius 2 is 1.88 bits per heavy atom. The van der Waals surface area contributed by atoms with Gasteiger partial charge in [0.1, 0.15) is 12.4 Å². The lowest BCUT2D eigenvalue weighted by Gasteiger charge is -2.31. The third-order valence-corrected chi connectivity index (χ3v) is 4.82. The van der Waals surface area contributed by atoms with Crippen LogP contribution in [-0.4, -0.2) is 42.6 Å². The minimum absolute atomic E-state index is 0.684. The molecule has 0 amide bonds. The number of benzene rings is 2. The van der Waals surface area contributed by atoms with Gasteiger partial charge in [-0.05, 0) is 61.5 Å². The number of nitrogens with zero attached hydrogens (tertiary/aromatic N) is 2. The Morgan fingerprint density at radius 1 is 1.08 bits per heavy atom. The van der Waals surface area contributed by atoms with E-state index in [9.17, 15) is 0 Å². The Labute approximate surface area is 149 Å². The Hall–Kier alpha value is -2.33. The van der Waals surface area contributed by atoms with Crippen LogP contribution < -0.4 is 4.74 Å². The standard InChI is InChI=1S/C21H26N2O2/c24-22-17-20-7-4-8-21(16-20)25-14-13-23-11-9-19(10-12-23)15-18-5-2-1-3-6-18/h1-8,16-17,19,24H,9-15H2/b22-17+. The summed E-state index contributed by atoms with van der Waals surface area (Å²) in [6.07, 6.45) is 5.13. The van der Waals surface area contributed by atoms with Gasteiger partial charge in [0.2, 0.25) is 0 Å². The zero-order valence-electron chi connectivity index (χ0n) is 14.6. The lowest BCUT2D eigenvalue weighted by molar-refractivity contribution is 0.155.